The maximum Gasteiger partial charge on any atom is 0.167 e. The van der Waals surface area contributed by atoms with Crippen molar-refractivity contribution in [3.8, 4) is 22.6 Å². The van der Waals surface area contributed by atoms with E-state index in [2.05, 4.69) is 59.2 Å². The fourth-order valence-corrected chi connectivity index (χ4v) is 4.07. The fourth-order valence-electron chi connectivity index (χ4n) is 3.85. The molecule has 0 radical (unpaired) electrons. The van der Waals surface area contributed by atoms with Crippen molar-refractivity contribution in [2.45, 2.75) is 12.5 Å². The van der Waals surface area contributed by atoms with Crippen LogP contribution in [0.25, 0.3) is 11.1 Å². The number of hydrogen-bond acceptors (Lipinski definition) is 3. The van der Waals surface area contributed by atoms with Gasteiger partial charge in [0.1, 0.15) is 0 Å². The van der Waals surface area contributed by atoms with Crippen LogP contribution in [-0.2, 0) is 6.42 Å². The summed E-state index contributed by atoms with van der Waals surface area (Å²) in [6.07, 6.45) is 0.833. The zero-order valence-corrected chi connectivity index (χ0v) is 17.4. The van der Waals surface area contributed by atoms with Crippen molar-refractivity contribution in [2.24, 2.45) is 0 Å². The molecule has 0 aromatic heterocycles. The summed E-state index contributed by atoms with van der Waals surface area (Å²) < 4.78 is 10.7. The van der Waals surface area contributed by atoms with Gasteiger partial charge in [-0.3, -0.25) is 0 Å². The molecule has 4 rings (SSSR count). The van der Waals surface area contributed by atoms with E-state index >= 15 is 0 Å². The summed E-state index contributed by atoms with van der Waals surface area (Å²) in [7, 11) is 3.29. The van der Waals surface area contributed by atoms with Gasteiger partial charge in [0.15, 0.2) is 16.6 Å². The zero-order chi connectivity index (χ0) is 20.2. The van der Waals surface area contributed by atoms with Crippen LogP contribution in [0.5, 0.6) is 11.5 Å². The maximum absolute atomic E-state index is 5.59. The van der Waals surface area contributed by atoms with Gasteiger partial charge in [-0.25, -0.2) is 0 Å². The van der Waals surface area contributed by atoms with E-state index in [-0.39, 0.29) is 6.04 Å². The molecular formula is C24H24N2O2S. The average Bonchev–Trinajstić information content (AvgIpc) is 3.07. The van der Waals surface area contributed by atoms with Crippen LogP contribution in [0.4, 0.5) is 0 Å². The number of rotatable bonds is 6. The van der Waals surface area contributed by atoms with Crippen LogP contribution >= 0.6 is 12.2 Å². The molecule has 29 heavy (non-hydrogen) atoms. The molecule has 148 valence electrons. The van der Waals surface area contributed by atoms with Crippen molar-refractivity contribution < 1.29 is 9.47 Å². The predicted molar refractivity (Wildman–Crippen MR) is 121 cm³/mol. The summed E-state index contributed by atoms with van der Waals surface area (Å²) in [6.45, 7) is 0.733. The Kier molecular flexibility index (Phi) is 5.67. The normalized spacial score (nSPS) is 12.1. The molecule has 2 N–H and O–H groups in total. The molecule has 0 saturated carbocycles. The molecule has 1 aliphatic carbocycles. The lowest BCUT2D eigenvalue weighted by molar-refractivity contribution is 0.354. The van der Waals surface area contributed by atoms with Crippen molar-refractivity contribution in [1.82, 2.24) is 10.6 Å². The lowest BCUT2D eigenvalue weighted by Gasteiger charge is -2.19. The first-order chi connectivity index (χ1) is 14.2. The minimum atomic E-state index is 0.0727. The molecule has 3 aromatic carbocycles. The Labute approximate surface area is 176 Å². The lowest BCUT2D eigenvalue weighted by atomic mass is 10.1. The van der Waals surface area contributed by atoms with E-state index in [0.717, 1.165) is 30.0 Å². The second-order valence-electron chi connectivity index (χ2n) is 6.95. The average molecular weight is 405 g/mol. The third-order valence-corrected chi connectivity index (χ3v) is 5.52. The summed E-state index contributed by atoms with van der Waals surface area (Å²) in [6, 6.07) is 23.0. The van der Waals surface area contributed by atoms with Gasteiger partial charge in [-0.2, -0.15) is 0 Å². The van der Waals surface area contributed by atoms with Crippen molar-refractivity contribution in [1.29, 1.82) is 0 Å². The fraction of sp³-hybridized carbons (Fsp3) is 0.208. The molecule has 0 fully saturated rings. The highest BCUT2D eigenvalue weighted by atomic mass is 32.1. The number of hydrogen-bond donors (Lipinski definition) is 2. The Hall–Kier alpha value is -3.05. The van der Waals surface area contributed by atoms with E-state index in [0.29, 0.717) is 5.11 Å². The van der Waals surface area contributed by atoms with Gasteiger partial charge in [0.2, 0.25) is 0 Å². The number of nitrogens with one attached hydrogen (secondary N) is 2. The standard InChI is InChI=1S/C24H24N2O2S/c1-27-21-12-11-16(15-22(21)28-2)13-14-25-24(29)26-23-19-9-5-3-7-17(19)18-8-4-6-10-20(18)23/h3-12,15,23H,13-14H2,1-2H3,(H2,25,26,29). The molecule has 1 aliphatic rings. The van der Waals surface area contributed by atoms with Crippen LogP contribution in [0.2, 0.25) is 0 Å². The highest BCUT2D eigenvalue weighted by Crippen LogP contribution is 2.42. The number of methoxy groups -OCH3 is 2. The first-order valence-electron chi connectivity index (χ1n) is 9.64. The Balaban J connectivity index is 1.39. The summed E-state index contributed by atoms with van der Waals surface area (Å²) >= 11 is 5.59. The molecule has 0 amide bonds. The van der Waals surface area contributed by atoms with E-state index in [1.165, 1.54) is 22.3 Å². The Morgan fingerprint density at radius 2 is 1.48 bits per heavy atom. The number of ether oxygens (including phenoxy) is 2. The van der Waals surface area contributed by atoms with E-state index < -0.39 is 0 Å². The molecule has 0 unspecified atom stereocenters. The molecule has 0 atom stereocenters. The lowest BCUT2D eigenvalue weighted by Crippen LogP contribution is -2.38. The maximum atomic E-state index is 5.59. The van der Waals surface area contributed by atoms with E-state index in [9.17, 15) is 0 Å². The quantitative estimate of drug-likeness (QED) is 0.593. The van der Waals surface area contributed by atoms with Gasteiger partial charge in [-0.1, -0.05) is 54.6 Å². The Morgan fingerprint density at radius 1 is 0.862 bits per heavy atom. The van der Waals surface area contributed by atoms with Crippen LogP contribution in [0.1, 0.15) is 22.7 Å². The molecule has 4 nitrogen and oxygen atoms in total. The van der Waals surface area contributed by atoms with Crippen molar-refractivity contribution in [3.05, 3.63) is 83.4 Å². The molecule has 0 saturated heterocycles. The third-order valence-electron chi connectivity index (χ3n) is 5.26. The van der Waals surface area contributed by atoms with Gasteiger partial charge < -0.3 is 20.1 Å². The third kappa shape index (κ3) is 3.91. The second-order valence-corrected chi connectivity index (χ2v) is 7.36. The largest absolute Gasteiger partial charge is 0.493 e. The predicted octanol–water partition coefficient (Wildman–Crippen LogP) is 4.48. The molecule has 5 heteroatoms. The summed E-state index contributed by atoms with van der Waals surface area (Å²) in [5.74, 6) is 1.48. The van der Waals surface area contributed by atoms with E-state index in [4.69, 9.17) is 21.7 Å². The Bertz CT molecular complexity index is 989. The number of benzene rings is 3. The van der Waals surface area contributed by atoms with Gasteiger partial charge in [-0.15, -0.1) is 0 Å². The van der Waals surface area contributed by atoms with Gasteiger partial charge in [0.25, 0.3) is 0 Å². The van der Waals surface area contributed by atoms with Crippen LogP contribution in [0, 0.1) is 0 Å². The van der Waals surface area contributed by atoms with E-state index in [1.807, 2.05) is 18.2 Å². The molecule has 0 spiro atoms. The minimum Gasteiger partial charge on any atom is -0.493 e. The van der Waals surface area contributed by atoms with Crippen LogP contribution in [0.3, 0.4) is 0 Å². The van der Waals surface area contributed by atoms with Gasteiger partial charge >= 0.3 is 0 Å². The first-order valence-corrected chi connectivity index (χ1v) is 10.1. The number of fused-ring (bicyclic) bond motifs is 3. The second kappa shape index (κ2) is 8.53. The molecule has 0 heterocycles. The molecule has 0 aliphatic heterocycles. The van der Waals surface area contributed by atoms with Crippen LogP contribution in [-0.4, -0.2) is 25.9 Å². The van der Waals surface area contributed by atoms with Gasteiger partial charge in [0, 0.05) is 6.54 Å². The molecular weight excluding hydrogens is 380 g/mol. The summed E-state index contributed by atoms with van der Waals surface area (Å²) in [4.78, 5) is 0. The highest BCUT2D eigenvalue weighted by Gasteiger charge is 2.28. The minimum absolute atomic E-state index is 0.0727. The van der Waals surface area contributed by atoms with Crippen molar-refractivity contribution in [3.63, 3.8) is 0 Å². The topological polar surface area (TPSA) is 42.5 Å². The van der Waals surface area contributed by atoms with Gasteiger partial charge in [-0.05, 0) is 58.6 Å². The smallest absolute Gasteiger partial charge is 0.167 e. The summed E-state index contributed by atoms with van der Waals surface area (Å²) in [5.41, 5.74) is 6.23. The van der Waals surface area contributed by atoms with Crippen molar-refractivity contribution in [2.75, 3.05) is 20.8 Å². The first kappa shape index (κ1) is 19.3. The highest BCUT2D eigenvalue weighted by molar-refractivity contribution is 7.80. The van der Waals surface area contributed by atoms with E-state index in [1.54, 1.807) is 14.2 Å². The Morgan fingerprint density at radius 3 is 2.10 bits per heavy atom. The zero-order valence-electron chi connectivity index (χ0n) is 16.6. The van der Waals surface area contributed by atoms with Crippen LogP contribution < -0.4 is 20.1 Å². The monoisotopic (exact) mass is 404 g/mol. The summed E-state index contributed by atoms with van der Waals surface area (Å²) in [5, 5.41) is 7.48. The van der Waals surface area contributed by atoms with Crippen molar-refractivity contribution >= 4 is 17.3 Å². The van der Waals surface area contributed by atoms with Gasteiger partial charge in [0.05, 0.1) is 20.3 Å². The SMILES string of the molecule is COc1ccc(CCNC(=S)NC2c3ccccc3-c3ccccc32)cc1OC. The molecule has 0 bridgehead atoms. The number of thiocarbonyl (C=S) groups is 1. The van der Waals surface area contributed by atoms with Crippen LogP contribution in [0.15, 0.2) is 66.7 Å². The molecule has 3 aromatic rings.